The predicted molar refractivity (Wildman–Crippen MR) is 74.6 cm³/mol. The molecule has 0 radical (unpaired) electrons. The highest BCUT2D eigenvalue weighted by Crippen LogP contribution is 2.34. The van der Waals surface area contributed by atoms with Gasteiger partial charge < -0.3 is 10.0 Å². The molecule has 2 saturated heterocycles. The Morgan fingerprint density at radius 1 is 1.27 bits per heavy atom. The minimum atomic E-state index is -0.865. The summed E-state index contributed by atoms with van der Waals surface area (Å²) in [5, 5.41) is 28.1. The number of rotatable bonds is 1. The summed E-state index contributed by atoms with van der Waals surface area (Å²) in [6.45, 7) is 1.92. The highest BCUT2D eigenvalue weighted by Gasteiger charge is 2.52. The number of urea groups is 1. The lowest BCUT2D eigenvalue weighted by Crippen LogP contribution is -2.36. The minimum Gasteiger partial charge on any atom is -0.390 e. The van der Waals surface area contributed by atoms with E-state index in [1.54, 1.807) is 6.92 Å². The number of carbonyl (C=O) groups is 2. The van der Waals surface area contributed by atoms with E-state index in [1.807, 2.05) is 12.1 Å². The van der Waals surface area contributed by atoms with Crippen LogP contribution in [0.3, 0.4) is 0 Å². The van der Waals surface area contributed by atoms with Gasteiger partial charge in [-0.25, -0.2) is 9.69 Å². The molecule has 7 nitrogen and oxygen atoms in total. The third kappa shape index (κ3) is 1.70. The number of amides is 3. The highest BCUT2D eigenvalue weighted by molar-refractivity contribution is 6.22. The Hall–Kier alpha value is -2.90. The quantitative estimate of drug-likeness (QED) is 0.765. The van der Waals surface area contributed by atoms with Crippen molar-refractivity contribution in [1.29, 1.82) is 10.5 Å². The molecule has 2 aliphatic rings. The maximum atomic E-state index is 12.5. The number of nitriles is 2. The molecule has 1 N–H and O–H groups in total. The molecule has 0 aromatic heterocycles. The summed E-state index contributed by atoms with van der Waals surface area (Å²) in [4.78, 5) is 27.2. The van der Waals surface area contributed by atoms with Crippen LogP contribution in [-0.4, -0.2) is 40.6 Å². The third-order valence-electron chi connectivity index (χ3n) is 4.19. The molecule has 0 unspecified atom stereocenters. The summed E-state index contributed by atoms with van der Waals surface area (Å²) in [5.74, 6) is -0.494. The maximum absolute atomic E-state index is 12.5. The van der Waals surface area contributed by atoms with Crippen LogP contribution in [0.2, 0.25) is 0 Å². The lowest BCUT2D eigenvalue weighted by atomic mass is 10.0. The first-order valence-corrected chi connectivity index (χ1v) is 6.77. The SMILES string of the molecule is Cc1c(N2C(=O)[C@@H]3[C@H](O)CCN3C2=O)ccc(C#N)c1C#N. The van der Waals surface area contributed by atoms with Gasteiger partial charge in [0.1, 0.15) is 18.2 Å². The van der Waals surface area contributed by atoms with Crippen LogP contribution in [0.1, 0.15) is 23.1 Å². The van der Waals surface area contributed by atoms with Gasteiger partial charge in [0, 0.05) is 6.54 Å². The van der Waals surface area contributed by atoms with Crippen LogP contribution in [-0.2, 0) is 4.79 Å². The summed E-state index contributed by atoms with van der Waals surface area (Å²) in [6.07, 6.45) is -0.484. The zero-order valence-corrected chi connectivity index (χ0v) is 11.8. The molecule has 0 saturated carbocycles. The Morgan fingerprint density at radius 2 is 2.00 bits per heavy atom. The normalized spacial score (nSPS) is 23.5. The highest BCUT2D eigenvalue weighted by atomic mass is 16.3. The van der Waals surface area contributed by atoms with Crippen LogP contribution in [0.25, 0.3) is 0 Å². The second-order valence-electron chi connectivity index (χ2n) is 5.31. The van der Waals surface area contributed by atoms with E-state index in [0.29, 0.717) is 18.5 Å². The van der Waals surface area contributed by atoms with Crippen molar-refractivity contribution in [1.82, 2.24) is 4.90 Å². The maximum Gasteiger partial charge on any atom is 0.332 e. The van der Waals surface area contributed by atoms with Gasteiger partial charge in [-0.1, -0.05) is 0 Å². The number of benzene rings is 1. The summed E-state index contributed by atoms with van der Waals surface area (Å²) in [5.41, 5.74) is 1.03. The fraction of sp³-hybridized carbons (Fsp3) is 0.333. The Bertz CT molecular complexity index is 774. The Labute approximate surface area is 126 Å². The monoisotopic (exact) mass is 296 g/mol. The average Bonchev–Trinajstić information content (AvgIpc) is 3.00. The van der Waals surface area contributed by atoms with E-state index < -0.39 is 24.1 Å². The number of imide groups is 1. The molecule has 110 valence electrons. The van der Waals surface area contributed by atoms with Crippen LogP contribution >= 0.6 is 0 Å². The van der Waals surface area contributed by atoms with Gasteiger partial charge in [0.25, 0.3) is 5.91 Å². The number of carbonyl (C=O) groups excluding carboxylic acids is 2. The number of anilines is 1. The van der Waals surface area contributed by atoms with Crippen LogP contribution in [0.4, 0.5) is 10.5 Å². The molecule has 2 atom stereocenters. The number of hydrogen-bond acceptors (Lipinski definition) is 5. The standard InChI is InChI=1S/C15H12N4O3/c1-8-10(7-17)9(6-16)2-3-11(8)19-14(21)13-12(20)4-5-18(13)15(19)22/h2-3,12-13,20H,4-5H2,1H3/t12-,13+/m1/s1. The molecule has 3 amide bonds. The summed E-state index contributed by atoms with van der Waals surface area (Å²) in [7, 11) is 0. The van der Waals surface area contributed by atoms with Crippen LogP contribution < -0.4 is 4.90 Å². The van der Waals surface area contributed by atoms with Gasteiger partial charge in [0.05, 0.1) is 22.9 Å². The van der Waals surface area contributed by atoms with Gasteiger partial charge >= 0.3 is 6.03 Å². The number of aliphatic hydroxyl groups excluding tert-OH is 1. The van der Waals surface area contributed by atoms with Crippen molar-refractivity contribution >= 4 is 17.6 Å². The molecule has 0 spiro atoms. The van der Waals surface area contributed by atoms with Crippen molar-refractivity contribution in [3.63, 3.8) is 0 Å². The predicted octanol–water partition coefficient (Wildman–Crippen LogP) is 0.640. The van der Waals surface area contributed by atoms with Crippen LogP contribution in [0.15, 0.2) is 12.1 Å². The fourth-order valence-electron chi connectivity index (χ4n) is 3.05. The average molecular weight is 296 g/mol. The van der Waals surface area contributed by atoms with E-state index in [-0.39, 0.29) is 16.8 Å². The third-order valence-corrected chi connectivity index (χ3v) is 4.19. The van der Waals surface area contributed by atoms with E-state index in [9.17, 15) is 20.0 Å². The topological polar surface area (TPSA) is 108 Å². The number of hydrogen-bond donors (Lipinski definition) is 1. The van der Waals surface area contributed by atoms with Gasteiger partial charge in [-0.05, 0) is 31.0 Å². The second-order valence-corrected chi connectivity index (χ2v) is 5.31. The largest absolute Gasteiger partial charge is 0.390 e. The molecule has 22 heavy (non-hydrogen) atoms. The minimum absolute atomic E-state index is 0.146. The first kappa shape index (κ1) is 14.1. The molecule has 0 bridgehead atoms. The van der Waals surface area contributed by atoms with Crippen molar-refractivity contribution in [3.05, 3.63) is 28.8 Å². The van der Waals surface area contributed by atoms with Crippen molar-refractivity contribution in [3.8, 4) is 12.1 Å². The van der Waals surface area contributed by atoms with E-state index in [4.69, 9.17) is 5.26 Å². The Kier molecular flexibility index (Phi) is 3.09. The molecule has 2 aliphatic heterocycles. The van der Waals surface area contributed by atoms with E-state index in [0.717, 1.165) is 4.90 Å². The number of aliphatic hydroxyl groups is 1. The molecular formula is C15H12N4O3. The molecule has 2 fully saturated rings. The van der Waals surface area contributed by atoms with Gasteiger partial charge in [-0.3, -0.25) is 4.79 Å². The van der Waals surface area contributed by atoms with Gasteiger partial charge in [-0.15, -0.1) is 0 Å². The summed E-state index contributed by atoms with van der Waals surface area (Å²) in [6, 6.07) is 5.40. The fourth-order valence-corrected chi connectivity index (χ4v) is 3.05. The smallest absolute Gasteiger partial charge is 0.332 e. The van der Waals surface area contributed by atoms with Crippen LogP contribution in [0.5, 0.6) is 0 Å². The number of fused-ring (bicyclic) bond motifs is 1. The molecular weight excluding hydrogens is 284 g/mol. The molecule has 1 aromatic carbocycles. The molecule has 1 aromatic rings. The molecule has 3 rings (SSSR count). The lowest BCUT2D eigenvalue weighted by Gasteiger charge is -2.18. The van der Waals surface area contributed by atoms with Gasteiger partial charge in [-0.2, -0.15) is 10.5 Å². The zero-order valence-electron chi connectivity index (χ0n) is 11.8. The second kappa shape index (κ2) is 4.83. The molecule has 2 heterocycles. The van der Waals surface area contributed by atoms with E-state index >= 15 is 0 Å². The van der Waals surface area contributed by atoms with Crippen molar-refractivity contribution < 1.29 is 14.7 Å². The van der Waals surface area contributed by atoms with E-state index in [2.05, 4.69) is 0 Å². The first-order chi connectivity index (χ1) is 10.5. The summed E-state index contributed by atoms with van der Waals surface area (Å²) >= 11 is 0. The van der Waals surface area contributed by atoms with Crippen molar-refractivity contribution in [2.75, 3.05) is 11.4 Å². The zero-order chi connectivity index (χ0) is 16.0. The van der Waals surface area contributed by atoms with Crippen molar-refractivity contribution in [2.45, 2.75) is 25.5 Å². The van der Waals surface area contributed by atoms with Crippen molar-refractivity contribution in [2.24, 2.45) is 0 Å². The van der Waals surface area contributed by atoms with E-state index in [1.165, 1.54) is 17.0 Å². The summed E-state index contributed by atoms with van der Waals surface area (Å²) < 4.78 is 0. The molecule has 7 heteroatoms. The lowest BCUT2D eigenvalue weighted by molar-refractivity contribution is -0.121. The Morgan fingerprint density at radius 3 is 2.59 bits per heavy atom. The first-order valence-electron chi connectivity index (χ1n) is 6.77. The molecule has 0 aliphatic carbocycles. The number of nitrogens with zero attached hydrogens (tertiary/aromatic N) is 4. The van der Waals surface area contributed by atoms with Gasteiger partial charge in [0.15, 0.2) is 0 Å². The van der Waals surface area contributed by atoms with Gasteiger partial charge in [0.2, 0.25) is 0 Å². The Balaban J connectivity index is 2.10. The van der Waals surface area contributed by atoms with Crippen LogP contribution in [0, 0.1) is 29.6 Å².